The summed E-state index contributed by atoms with van der Waals surface area (Å²) in [7, 11) is 0. The average molecular weight is 246 g/mol. The molecule has 0 fully saturated rings. The Morgan fingerprint density at radius 1 is 1.39 bits per heavy atom. The van der Waals surface area contributed by atoms with Crippen LogP contribution in [0.2, 0.25) is 0 Å². The van der Waals surface area contributed by atoms with Gasteiger partial charge in [0.2, 0.25) is 5.91 Å². The lowest BCUT2D eigenvalue weighted by atomic mass is 9.83. The highest BCUT2D eigenvalue weighted by atomic mass is 16.1. The Balaban J connectivity index is 1.79. The van der Waals surface area contributed by atoms with Crippen LogP contribution in [0.25, 0.3) is 0 Å². The Labute approximate surface area is 109 Å². The number of carbonyl (C=O) groups excluding carboxylic acids is 1. The highest BCUT2D eigenvalue weighted by Crippen LogP contribution is 2.30. The standard InChI is InChI=1S/C15H22N2O/c16-15(18)9-4-10-17-11-13-7-3-6-12-5-1-2-8-14(12)13/h1-2,5,8,13,17H,3-4,6-7,9-11H2,(H2,16,18). The third kappa shape index (κ3) is 3.57. The van der Waals surface area contributed by atoms with Crippen LogP contribution in [0, 0.1) is 0 Å². The predicted molar refractivity (Wildman–Crippen MR) is 73.4 cm³/mol. The SMILES string of the molecule is NC(=O)CCCNCC1CCCc2ccccc21. The molecular formula is C15H22N2O. The molecule has 1 aliphatic carbocycles. The Morgan fingerprint density at radius 3 is 3.06 bits per heavy atom. The molecule has 1 aromatic carbocycles. The topological polar surface area (TPSA) is 55.1 Å². The number of rotatable bonds is 6. The van der Waals surface area contributed by atoms with E-state index in [9.17, 15) is 4.79 Å². The molecule has 2 rings (SSSR count). The van der Waals surface area contributed by atoms with Gasteiger partial charge in [-0.05, 0) is 49.3 Å². The van der Waals surface area contributed by atoms with Crippen molar-refractivity contribution in [2.75, 3.05) is 13.1 Å². The third-order valence-electron chi connectivity index (χ3n) is 3.66. The van der Waals surface area contributed by atoms with Crippen LogP contribution in [0.1, 0.15) is 42.7 Å². The second-order valence-corrected chi connectivity index (χ2v) is 5.06. The number of benzene rings is 1. The summed E-state index contributed by atoms with van der Waals surface area (Å²) in [4.78, 5) is 10.6. The molecule has 1 amide bonds. The first kappa shape index (κ1) is 13.1. The van der Waals surface area contributed by atoms with Gasteiger partial charge < -0.3 is 11.1 Å². The largest absolute Gasteiger partial charge is 0.370 e. The minimum absolute atomic E-state index is 0.209. The molecule has 0 bridgehead atoms. The first-order valence-corrected chi connectivity index (χ1v) is 6.84. The van der Waals surface area contributed by atoms with E-state index >= 15 is 0 Å². The zero-order valence-corrected chi connectivity index (χ0v) is 10.8. The van der Waals surface area contributed by atoms with E-state index in [0.717, 1.165) is 19.5 Å². The highest BCUT2D eigenvalue weighted by molar-refractivity contribution is 5.73. The molecule has 0 saturated heterocycles. The maximum Gasteiger partial charge on any atom is 0.217 e. The summed E-state index contributed by atoms with van der Waals surface area (Å²) < 4.78 is 0. The highest BCUT2D eigenvalue weighted by Gasteiger charge is 2.18. The second-order valence-electron chi connectivity index (χ2n) is 5.06. The van der Waals surface area contributed by atoms with Crippen molar-refractivity contribution in [2.24, 2.45) is 5.73 Å². The molecule has 0 radical (unpaired) electrons. The monoisotopic (exact) mass is 246 g/mol. The van der Waals surface area contributed by atoms with Gasteiger partial charge in [-0.25, -0.2) is 0 Å². The molecule has 3 heteroatoms. The second kappa shape index (κ2) is 6.55. The summed E-state index contributed by atoms with van der Waals surface area (Å²) in [5, 5.41) is 3.44. The first-order chi connectivity index (χ1) is 8.77. The van der Waals surface area contributed by atoms with E-state index in [1.165, 1.54) is 30.4 Å². The molecule has 0 saturated carbocycles. The number of carbonyl (C=O) groups is 1. The molecular weight excluding hydrogens is 224 g/mol. The number of hydrogen-bond donors (Lipinski definition) is 2. The van der Waals surface area contributed by atoms with Crippen LogP contribution in [-0.4, -0.2) is 19.0 Å². The first-order valence-electron chi connectivity index (χ1n) is 6.84. The summed E-state index contributed by atoms with van der Waals surface area (Å²) >= 11 is 0. The Morgan fingerprint density at radius 2 is 2.22 bits per heavy atom. The van der Waals surface area contributed by atoms with E-state index in [4.69, 9.17) is 5.73 Å². The van der Waals surface area contributed by atoms with E-state index in [1.807, 2.05) is 0 Å². The average Bonchev–Trinajstić information content (AvgIpc) is 2.38. The van der Waals surface area contributed by atoms with Crippen LogP contribution < -0.4 is 11.1 Å². The zero-order chi connectivity index (χ0) is 12.8. The van der Waals surface area contributed by atoms with Crippen molar-refractivity contribution in [3.63, 3.8) is 0 Å². The van der Waals surface area contributed by atoms with Crippen LogP contribution in [0.3, 0.4) is 0 Å². The summed E-state index contributed by atoms with van der Waals surface area (Å²) in [6.45, 7) is 1.89. The minimum atomic E-state index is -0.209. The minimum Gasteiger partial charge on any atom is -0.370 e. The lowest BCUT2D eigenvalue weighted by molar-refractivity contribution is -0.118. The number of primary amides is 1. The fourth-order valence-electron chi connectivity index (χ4n) is 2.73. The molecule has 0 spiro atoms. The summed E-state index contributed by atoms with van der Waals surface area (Å²) in [6.07, 6.45) is 5.08. The normalized spacial score (nSPS) is 18.3. The van der Waals surface area contributed by atoms with Gasteiger partial charge >= 0.3 is 0 Å². The predicted octanol–water partition coefficient (Wildman–Crippen LogP) is 1.96. The van der Waals surface area contributed by atoms with Gasteiger partial charge in [0.25, 0.3) is 0 Å². The molecule has 3 nitrogen and oxygen atoms in total. The lowest BCUT2D eigenvalue weighted by Gasteiger charge is -2.25. The number of amides is 1. The molecule has 0 aromatic heterocycles. The number of aryl methyl sites for hydroxylation is 1. The summed E-state index contributed by atoms with van der Waals surface area (Å²) in [6, 6.07) is 8.75. The van der Waals surface area contributed by atoms with Crippen molar-refractivity contribution in [3.8, 4) is 0 Å². The van der Waals surface area contributed by atoms with E-state index in [1.54, 1.807) is 0 Å². The maximum absolute atomic E-state index is 10.6. The van der Waals surface area contributed by atoms with Gasteiger partial charge in [-0.2, -0.15) is 0 Å². The Bertz CT molecular complexity index is 403. The van der Waals surface area contributed by atoms with Gasteiger partial charge in [-0.3, -0.25) is 4.79 Å². The van der Waals surface area contributed by atoms with Gasteiger partial charge in [0.15, 0.2) is 0 Å². The number of nitrogens with two attached hydrogens (primary N) is 1. The number of hydrogen-bond acceptors (Lipinski definition) is 2. The van der Waals surface area contributed by atoms with Crippen LogP contribution >= 0.6 is 0 Å². The van der Waals surface area contributed by atoms with Crippen molar-refractivity contribution in [3.05, 3.63) is 35.4 Å². The van der Waals surface area contributed by atoms with Crippen molar-refractivity contribution in [1.29, 1.82) is 0 Å². The third-order valence-corrected chi connectivity index (χ3v) is 3.66. The Hall–Kier alpha value is -1.35. The van der Waals surface area contributed by atoms with Crippen LogP contribution in [-0.2, 0) is 11.2 Å². The van der Waals surface area contributed by atoms with E-state index in [0.29, 0.717) is 12.3 Å². The smallest absolute Gasteiger partial charge is 0.217 e. The van der Waals surface area contributed by atoms with E-state index in [2.05, 4.69) is 29.6 Å². The lowest BCUT2D eigenvalue weighted by Crippen LogP contribution is -2.26. The van der Waals surface area contributed by atoms with Gasteiger partial charge in [0.1, 0.15) is 0 Å². The molecule has 0 heterocycles. The molecule has 0 aliphatic heterocycles. The summed E-state index contributed by atoms with van der Waals surface area (Å²) in [5.41, 5.74) is 8.13. The molecule has 1 unspecified atom stereocenters. The molecule has 1 aromatic rings. The van der Waals surface area contributed by atoms with E-state index < -0.39 is 0 Å². The van der Waals surface area contributed by atoms with Crippen molar-refractivity contribution >= 4 is 5.91 Å². The molecule has 1 aliphatic rings. The van der Waals surface area contributed by atoms with Crippen LogP contribution in [0.5, 0.6) is 0 Å². The maximum atomic E-state index is 10.6. The number of fused-ring (bicyclic) bond motifs is 1. The summed E-state index contributed by atoms with van der Waals surface area (Å²) in [5.74, 6) is 0.420. The van der Waals surface area contributed by atoms with Crippen LogP contribution in [0.15, 0.2) is 24.3 Å². The molecule has 98 valence electrons. The fraction of sp³-hybridized carbons (Fsp3) is 0.533. The van der Waals surface area contributed by atoms with Crippen molar-refractivity contribution < 1.29 is 4.79 Å². The van der Waals surface area contributed by atoms with Gasteiger partial charge in [-0.1, -0.05) is 24.3 Å². The van der Waals surface area contributed by atoms with E-state index in [-0.39, 0.29) is 5.91 Å². The van der Waals surface area contributed by atoms with Gasteiger partial charge in [-0.15, -0.1) is 0 Å². The molecule has 1 atom stereocenters. The zero-order valence-electron chi connectivity index (χ0n) is 10.8. The molecule has 3 N–H and O–H groups in total. The quantitative estimate of drug-likeness (QED) is 0.754. The molecule has 18 heavy (non-hydrogen) atoms. The van der Waals surface area contributed by atoms with Crippen LogP contribution in [0.4, 0.5) is 0 Å². The Kier molecular flexibility index (Phi) is 4.76. The van der Waals surface area contributed by atoms with Crippen molar-refractivity contribution in [2.45, 2.75) is 38.0 Å². The fourth-order valence-corrected chi connectivity index (χ4v) is 2.73. The van der Waals surface area contributed by atoms with Gasteiger partial charge in [0.05, 0.1) is 0 Å². The van der Waals surface area contributed by atoms with Crippen molar-refractivity contribution in [1.82, 2.24) is 5.32 Å². The van der Waals surface area contributed by atoms with Gasteiger partial charge in [0, 0.05) is 13.0 Å². The number of nitrogens with one attached hydrogen (secondary N) is 1.